The van der Waals surface area contributed by atoms with Gasteiger partial charge < -0.3 is 9.84 Å². The molecule has 25 heavy (non-hydrogen) atoms. The second-order valence-electron chi connectivity index (χ2n) is 4.86. The van der Waals surface area contributed by atoms with Crippen LogP contribution in [0.15, 0.2) is 53.9 Å². The molecule has 0 atom stereocenters. The van der Waals surface area contributed by atoms with Gasteiger partial charge in [-0.15, -0.1) is 0 Å². The molecule has 3 rings (SSSR count). The van der Waals surface area contributed by atoms with E-state index < -0.39 is 12.6 Å². The lowest BCUT2D eigenvalue weighted by Crippen LogP contribution is -2.10. The standard InChI is InChI=1S/C16H13N5O3S/c22-14(23)10-24-13-4-2-1-3-12(13)9-18-21-15(19-20-16(21)25)11-5-7-17-8-6-11/h1-9H,10H2,(H,20,25)(H,22,23)/b18-9-. The molecule has 2 heterocycles. The number of nitrogens with zero attached hydrogens (tertiary/aromatic N) is 4. The van der Waals surface area contributed by atoms with Crippen LogP contribution in [-0.2, 0) is 4.79 Å². The van der Waals surface area contributed by atoms with Crippen LogP contribution >= 0.6 is 12.2 Å². The first-order chi connectivity index (χ1) is 12.1. The molecule has 0 saturated heterocycles. The molecule has 0 aliphatic carbocycles. The first-order valence-electron chi connectivity index (χ1n) is 7.21. The Balaban J connectivity index is 1.93. The highest BCUT2D eigenvalue weighted by molar-refractivity contribution is 7.71. The molecule has 8 nitrogen and oxygen atoms in total. The van der Waals surface area contributed by atoms with E-state index in [1.807, 2.05) is 0 Å². The van der Waals surface area contributed by atoms with E-state index in [1.54, 1.807) is 48.8 Å². The van der Waals surface area contributed by atoms with Crippen LogP contribution in [-0.4, -0.2) is 43.8 Å². The van der Waals surface area contributed by atoms with Crippen LogP contribution in [0.4, 0.5) is 0 Å². The van der Waals surface area contributed by atoms with Crippen molar-refractivity contribution in [3.05, 3.63) is 59.1 Å². The fraction of sp³-hybridized carbons (Fsp3) is 0.0625. The zero-order valence-corrected chi connectivity index (χ0v) is 13.7. The molecule has 0 radical (unpaired) electrons. The molecule has 0 bridgehead atoms. The maximum atomic E-state index is 10.7. The summed E-state index contributed by atoms with van der Waals surface area (Å²) in [6.45, 7) is -0.432. The first kappa shape index (κ1) is 16.5. The highest BCUT2D eigenvalue weighted by atomic mass is 32.1. The van der Waals surface area contributed by atoms with Gasteiger partial charge in [-0.1, -0.05) is 12.1 Å². The van der Waals surface area contributed by atoms with Crippen molar-refractivity contribution in [2.45, 2.75) is 0 Å². The summed E-state index contributed by atoms with van der Waals surface area (Å²) in [5.74, 6) is -0.106. The van der Waals surface area contributed by atoms with Crippen molar-refractivity contribution in [3.8, 4) is 17.1 Å². The zero-order valence-electron chi connectivity index (χ0n) is 12.9. The Morgan fingerprint density at radius 2 is 2.08 bits per heavy atom. The van der Waals surface area contributed by atoms with Crippen LogP contribution < -0.4 is 4.74 Å². The number of carboxylic acids is 1. The second kappa shape index (κ2) is 7.49. The number of hydrogen-bond donors (Lipinski definition) is 2. The largest absolute Gasteiger partial charge is 0.481 e. The Labute approximate surface area is 147 Å². The number of aromatic nitrogens is 4. The van der Waals surface area contributed by atoms with Gasteiger partial charge in [-0.25, -0.2) is 9.89 Å². The molecule has 0 unspecified atom stereocenters. The molecule has 0 saturated carbocycles. The summed E-state index contributed by atoms with van der Waals surface area (Å²) < 4.78 is 7.05. The highest BCUT2D eigenvalue weighted by Crippen LogP contribution is 2.18. The van der Waals surface area contributed by atoms with Crippen LogP contribution in [0.1, 0.15) is 5.56 Å². The number of hydrogen-bond acceptors (Lipinski definition) is 6. The van der Waals surface area contributed by atoms with Crippen molar-refractivity contribution >= 4 is 24.4 Å². The summed E-state index contributed by atoms with van der Waals surface area (Å²) in [5.41, 5.74) is 1.42. The van der Waals surface area contributed by atoms with Crippen molar-refractivity contribution in [1.29, 1.82) is 0 Å². The fourth-order valence-corrected chi connectivity index (χ4v) is 2.24. The molecule has 126 valence electrons. The Hall–Kier alpha value is -3.33. The molecule has 0 aliphatic heterocycles. The quantitative estimate of drug-likeness (QED) is 0.519. The van der Waals surface area contributed by atoms with Crippen molar-refractivity contribution in [2.75, 3.05) is 6.61 Å². The van der Waals surface area contributed by atoms with Crippen LogP contribution in [0, 0.1) is 4.77 Å². The lowest BCUT2D eigenvalue weighted by molar-refractivity contribution is -0.139. The third kappa shape index (κ3) is 3.96. The van der Waals surface area contributed by atoms with E-state index in [4.69, 9.17) is 22.1 Å². The van der Waals surface area contributed by atoms with Gasteiger partial charge in [0.1, 0.15) is 5.75 Å². The molecular weight excluding hydrogens is 342 g/mol. The number of carboxylic acid groups (broad SMARTS) is 1. The number of ether oxygens (including phenoxy) is 1. The van der Waals surface area contributed by atoms with Crippen molar-refractivity contribution in [3.63, 3.8) is 0 Å². The number of carbonyl (C=O) groups is 1. The van der Waals surface area contributed by atoms with Gasteiger partial charge in [0.25, 0.3) is 0 Å². The van der Waals surface area contributed by atoms with Crippen molar-refractivity contribution < 1.29 is 14.6 Å². The van der Waals surface area contributed by atoms with Crippen LogP contribution in [0.25, 0.3) is 11.4 Å². The van der Waals surface area contributed by atoms with E-state index in [0.717, 1.165) is 5.56 Å². The SMILES string of the molecule is O=C(O)COc1ccccc1/C=N\n1c(-c2ccncc2)n[nH]c1=S. The minimum absolute atomic E-state index is 0.326. The molecule has 9 heteroatoms. The second-order valence-corrected chi connectivity index (χ2v) is 5.25. The Morgan fingerprint density at radius 1 is 1.32 bits per heavy atom. The van der Waals surface area contributed by atoms with Gasteiger partial charge in [-0.05, 0) is 36.5 Å². The van der Waals surface area contributed by atoms with Crippen molar-refractivity contribution in [2.24, 2.45) is 5.10 Å². The lowest BCUT2D eigenvalue weighted by atomic mass is 10.2. The van der Waals surface area contributed by atoms with E-state index in [0.29, 0.717) is 21.9 Å². The predicted octanol–water partition coefficient (Wildman–Crippen LogP) is 2.35. The maximum absolute atomic E-state index is 10.7. The Morgan fingerprint density at radius 3 is 2.84 bits per heavy atom. The van der Waals surface area contributed by atoms with Gasteiger partial charge in [0.15, 0.2) is 12.4 Å². The monoisotopic (exact) mass is 355 g/mol. The zero-order chi connectivity index (χ0) is 17.6. The lowest BCUT2D eigenvalue weighted by Gasteiger charge is -2.06. The first-order valence-corrected chi connectivity index (χ1v) is 7.62. The van der Waals surface area contributed by atoms with Crippen LogP contribution in [0.3, 0.4) is 0 Å². The van der Waals surface area contributed by atoms with Gasteiger partial charge in [0.2, 0.25) is 4.77 Å². The molecule has 2 N–H and O–H groups in total. The molecule has 0 amide bonds. The molecule has 0 spiro atoms. The molecule has 0 fully saturated rings. The number of pyridine rings is 1. The minimum atomic E-state index is -1.05. The number of para-hydroxylation sites is 1. The van der Waals surface area contributed by atoms with E-state index in [1.165, 1.54) is 10.9 Å². The van der Waals surface area contributed by atoms with E-state index in [-0.39, 0.29) is 0 Å². The average Bonchev–Trinajstić information content (AvgIpc) is 3.00. The molecular formula is C16H13N5O3S. The molecule has 1 aromatic carbocycles. The number of rotatable bonds is 6. The van der Waals surface area contributed by atoms with E-state index in [9.17, 15) is 4.79 Å². The highest BCUT2D eigenvalue weighted by Gasteiger charge is 2.08. The molecule has 0 aliphatic rings. The summed E-state index contributed by atoms with van der Waals surface area (Å²) in [6.07, 6.45) is 4.83. The minimum Gasteiger partial charge on any atom is -0.481 e. The number of aromatic amines is 1. The third-order valence-electron chi connectivity index (χ3n) is 3.17. The van der Waals surface area contributed by atoms with Gasteiger partial charge in [-0.3, -0.25) is 4.98 Å². The molecule has 2 aromatic heterocycles. The van der Waals surface area contributed by atoms with E-state index in [2.05, 4.69) is 20.3 Å². The van der Waals surface area contributed by atoms with Crippen molar-refractivity contribution in [1.82, 2.24) is 19.9 Å². The fourth-order valence-electron chi connectivity index (χ4n) is 2.06. The van der Waals surface area contributed by atoms with Crippen LogP contribution in [0.2, 0.25) is 0 Å². The number of aliphatic carboxylic acids is 1. The van der Waals surface area contributed by atoms with E-state index >= 15 is 0 Å². The normalized spacial score (nSPS) is 10.9. The van der Waals surface area contributed by atoms with Gasteiger partial charge in [0.05, 0.1) is 6.21 Å². The number of benzene rings is 1. The smallest absolute Gasteiger partial charge is 0.341 e. The summed E-state index contributed by atoms with van der Waals surface area (Å²) >= 11 is 5.21. The predicted molar refractivity (Wildman–Crippen MR) is 93.2 cm³/mol. The number of nitrogens with one attached hydrogen (secondary N) is 1. The summed E-state index contributed by atoms with van der Waals surface area (Å²) in [7, 11) is 0. The van der Waals surface area contributed by atoms with Gasteiger partial charge in [0, 0.05) is 23.5 Å². The topological polar surface area (TPSA) is 105 Å². The Bertz CT molecular complexity index is 965. The van der Waals surface area contributed by atoms with Gasteiger partial charge in [-0.2, -0.15) is 14.9 Å². The Kier molecular flexibility index (Phi) is 4.95. The average molecular weight is 355 g/mol. The third-order valence-corrected chi connectivity index (χ3v) is 3.44. The summed E-state index contributed by atoms with van der Waals surface area (Å²) in [5, 5.41) is 20.0. The maximum Gasteiger partial charge on any atom is 0.341 e. The van der Waals surface area contributed by atoms with Gasteiger partial charge >= 0.3 is 5.97 Å². The molecule has 3 aromatic rings. The summed E-state index contributed by atoms with van der Waals surface area (Å²) in [6, 6.07) is 10.6. The summed E-state index contributed by atoms with van der Waals surface area (Å²) in [4.78, 5) is 14.7. The van der Waals surface area contributed by atoms with Crippen LogP contribution in [0.5, 0.6) is 5.75 Å². The number of H-pyrrole nitrogens is 1.